The van der Waals surface area contributed by atoms with E-state index in [9.17, 15) is 9.59 Å². The van der Waals surface area contributed by atoms with E-state index in [-0.39, 0.29) is 5.91 Å². The minimum absolute atomic E-state index is 0.0484. The average molecular weight is 436 g/mol. The second-order valence-electron chi connectivity index (χ2n) is 7.13. The number of carbonyl (C=O) groups excluding carboxylic acids is 2. The standard InChI is InChI=1S/C20H17NO.C8H8N2O/c22-20(19-9-5-2-6-10-19)21-15-16-11-13-18(14-12-16)17-7-3-1-4-8-17;9-8(11)2-1-7-3-5-10-6-4-7/h1-14H,15H2,(H,21,22);1-6H,(H2,9,11)/b;2-1+. The monoisotopic (exact) mass is 435 g/mol. The number of nitrogens with two attached hydrogens (primary N) is 1. The number of hydrogen-bond donors (Lipinski definition) is 2. The van der Waals surface area contributed by atoms with Crippen molar-refractivity contribution in [2.24, 2.45) is 5.73 Å². The predicted molar refractivity (Wildman–Crippen MR) is 132 cm³/mol. The fourth-order valence-corrected chi connectivity index (χ4v) is 2.97. The zero-order valence-corrected chi connectivity index (χ0v) is 18.1. The highest BCUT2D eigenvalue weighted by atomic mass is 16.1. The fraction of sp³-hybridized carbons (Fsp3) is 0.0357. The quantitative estimate of drug-likeness (QED) is 0.424. The van der Waals surface area contributed by atoms with Gasteiger partial charge in [0.25, 0.3) is 5.91 Å². The highest BCUT2D eigenvalue weighted by Crippen LogP contribution is 2.19. The number of rotatable bonds is 6. The molecule has 1 heterocycles. The summed E-state index contributed by atoms with van der Waals surface area (Å²) in [6.07, 6.45) is 6.26. The van der Waals surface area contributed by atoms with Crippen molar-refractivity contribution in [3.63, 3.8) is 0 Å². The Kier molecular flexibility index (Phi) is 8.68. The van der Waals surface area contributed by atoms with Gasteiger partial charge < -0.3 is 11.1 Å². The van der Waals surface area contributed by atoms with Crippen molar-refractivity contribution in [1.82, 2.24) is 10.3 Å². The number of aromatic nitrogens is 1. The van der Waals surface area contributed by atoms with Gasteiger partial charge in [-0.1, -0.05) is 72.8 Å². The molecule has 0 aliphatic rings. The van der Waals surface area contributed by atoms with Gasteiger partial charge in [-0.25, -0.2) is 0 Å². The molecule has 0 fully saturated rings. The minimum Gasteiger partial charge on any atom is -0.366 e. The second-order valence-corrected chi connectivity index (χ2v) is 7.13. The van der Waals surface area contributed by atoms with Crippen molar-refractivity contribution in [1.29, 1.82) is 0 Å². The average Bonchev–Trinajstić information content (AvgIpc) is 2.88. The van der Waals surface area contributed by atoms with Gasteiger partial charge in [0.05, 0.1) is 0 Å². The lowest BCUT2D eigenvalue weighted by Gasteiger charge is -2.07. The third-order valence-corrected chi connectivity index (χ3v) is 4.70. The summed E-state index contributed by atoms with van der Waals surface area (Å²) >= 11 is 0. The Labute approximate surface area is 193 Å². The second kappa shape index (κ2) is 12.4. The zero-order valence-electron chi connectivity index (χ0n) is 18.1. The molecule has 5 nitrogen and oxygen atoms in total. The van der Waals surface area contributed by atoms with Gasteiger partial charge in [-0.05, 0) is 52.6 Å². The van der Waals surface area contributed by atoms with Crippen LogP contribution in [0.3, 0.4) is 0 Å². The minimum atomic E-state index is -0.443. The summed E-state index contributed by atoms with van der Waals surface area (Å²) in [5, 5.41) is 2.94. The van der Waals surface area contributed by atoms with Crippen LogP contribution >= 0.6 is 0 Å². The van der Waals surface area contributed by atoms with E-state index in [4.69, 9.17) is 5.73 Å². The van der Waals surface area contributed by atoms with Gasteiger partial charge in [0.15, 0.2) is 0 Å². The molecule has 0 unspecified atom stereocenters. The van der Waals surface area contributed by atoms with Crippen LogP contribution in [0, 0.1) is 0 Å². The molecular formula is C28H25N3O2. The molecule has 0 saturated carbocycles. The van der Waals surface area contributed by atoms with Crippen LogP contribution in [0.25, 0.3) is 17.2 Å². The SMILES string of the molecule is NC(=O)/C=C/c1ccncc1.O=C(NCc1ccc(-c2ccccc2)cc1)c1ccccc1. The molecule has 5 heteroatoms. The first kappa shape index (κ1) is 23.2. The summed E-state index contributed by atoms with van der Waals surface area (Å²) in [6, 6.07) is 31.4. The Bertz CT molecular complexity index is 1170. The molecule has 0 atom stereocenters. The molecular weight excluding hydrogens is 410 g/mol. The van der Waals surface area contributed by atoms with E-state index < -0.39 is 5.91 Å². The summed E-state index contributed by atoms with van der Waals surface area (Å²) < 4.78 is 0. The molecule has 0 aliphatic carbocycles. The summed E-state index contributed by atoms with van der Waals surface area (Å²) in [5.74, 6) is -0.491. The van der Waals surface area contributed by atoms with E-state index in [2.05, 4.69) is 34.6 Å². The molecule has 4 rings (SSSR count). The Morgan fingerprint density at radius 3 is 1.94 bits per heavy atom. The van der Waals surface area contributed by atoms with Crippen LogP contribution in [0.1, 0.15) is 21.5 Å². The van der Waals surface area contributed by atoms with Crippen molar-refractivity contribution >= 4 is 17.9 Å². The van der Waals surface area contributed by atoms with Gasteiger partial charge in [0, 0.05) is 30.6 Å². The third kappa shape index (κ3) is 7.92. The number of amides is 2. The molecule has 0 bridgehead atoms. The Hall–Kier alpha value is -4.51. The lowest BCUT2D eigenvalue weighted by molar-refractivity contribution is -0.113. The van der Waals surface area contributed by atoms with Crippen LogP contribution in [0.2, 0.25) is 0 Å². The lowest BCUT2D eigenvalue weighted by Crippen LogP contribution is -2.22. The maximum atomic E-state index is 12.0. The van der Waals surface area contributed by atoms with Crippen molar-refractivity contribution in [3.05, 3.63) is 132 Å². The van der Waals surface area contributed by atoms with Gasteiger partial charge in [-0.15, -0.1) is 0 Å². The number of nitrogens with one attached hydrogen (secondary N) is 1. The van der Waals surface area contributed by atoms with E-state index in [0.717, 1.165) is 11.1 Å². The fourth-order valence-electron chi connectivity index (χ4n) is 2.97. The molecule has 1 aromatic heterocycles. The summed E-state index contributed by atoms with van der Waals surface area (Å²) in [7, 11) is 0. The Morgan fingerprint density at radius 1 is 0.758 bits per heavy atom. The molecule has 33 heavy (non-hydrogen) atoms. The molecule has 0 saturated heterocycles. The van der Waals surface area contributed by atoms with E-state index in [0.29, 0.717) is 12.1 Å². The Morgan fingerprint density at radius 2 is 1.33 bits per heavy atom. The third-order valence-electron chi connectivity index (χ3n) is 4.70. The predicted octanol–water partition coefficient (Wildman–Crippen LogP) is 4.86. The van der Waals surface area contributed by atoms with Crippen LogP contribution < -0.4 is 11.1 Å². The summed E-state index contributed by atoms with van der Waals surface area (Å²) in [5.41, 5.74) is 9.96. The molecule has 3 aromatic carbocycles. The molecule has 0 aliphatic heterocycles. The first-order valence-electron chi connectivity index (χ1n) is 10.5. The van der Waals surface area contributed by atoms with Gasteiger partial charge in [0.2, 0.25) is 5.91 Å². The van der Waals surface area contributed by atoms with Crippen LogP contribution in [0.5, 0.6) is 0 Å². The molecule has 0 radical (unpaired) electrons. The summed E-state index contributed by atoms with van der Waals surface area (Å²) in [6.45, 7) is 0.531. The van der Waals surface area contributed by atoms with Gasteiger partial charge in [-0.2, -0.15) is 0 Å². The topological polar surface area (TPSA) is 85.1 Å². The zero-order chi connectivity index (χ0) is 23.3. The largest absolute Gasteiger partial charge is 0.366 e. The maximum absolute atomic E-state index is 12.0. The van der Waals surface area contributed by atoms with Crippen molar-refractivity contribution < 1.29 is 9.59 Å². The normalized spacial score (nSPS) is 10.2. The van der Waals surface area contributed by atoms with E-state index >= 15 is 0 Å². The molecule has 0 spiro atoms. The number of primary amides is 1. The highest BCUT2D eigenvalue weighted by molar-refractivity contribution is 5.94. The lowest BCUT2D eigenvalue weighted by atomic mass is 10.0. The highest BCUT2D eigenvalue weighted by Gasteiger charge is 2.04. The van der Waals surface area contributed by atoms with E-state index in [1.54, 1.807) is 30.6 Å². The van der Waals surface area contributed by atoms with Gasteiger partial charge >= 0.3 is 0 Å². The van der Waals surface area contributed by atoms with E-state index in [1.165, 1.54) is 17.2 Å². The van der Waals surface area contributed by atoms with Crippen molar-refractivity contribution in [2.75, 3.05) is 0 Å². The summed E-state index contributed by atoms with van der Waals surface area (Å²) in [4.78, 5) is 26.1. The smallest absolute Gasteiger partial charge is 0.251 e. The molecule has 4 aromatic rings. The van der Waals surface area contributed by atoms with Crippen molar-refractivity contribution in [2.45, 2.75) is 6.54 Å². The number of nitrogens with zero attached hydrogens (tertiary/aromatic N) is 1. The van der Waals surface area contributed by atoms with Crippen LogP contribution in [-0.2, 0) is 11.3 Å². The number of pyridine rings is 1. The number of carbonyl (C=O) groups is 2. The first-order chi connectivity index (χ1) is 16.1. The van der Waals surface area contributed by atoms with Crippen LogP contribution in [-0.4, -0.2) is 16.8 Å². The molecule has 3 N–H and O–H groups in total. The molecule has 164 valence electrons. The number of hydrogen-bond acceptors (Lipinski definition) is 3. The number of benzene rings is 3. The van der Waals surface area contributed by atoms with Gasteiger partial charge in [0.1, 0.15) is 0 Å². The van der Waals surface area contributed by atoms with Crippen molar-refractivity contribution in [3.8, 4) is 11.1 Å². The van der Waals surface area contributed by atoms with E-state index in [1.807, 2.05) is 60.7 Å². The Balaban J connectivity index is 0.000000235. The van der Waals surface area contributed by atoms with Crippen LogP contribution in [0.4, 0.5) is 0 Å². The van der Waals surface area contributed by atoms with Gasteiger partial charge in [-0.3, -0.25) is 14.6 Å². The van der Waals surface area contributed by atoms with Crippen LogP contribution in [0.15, 0.2) is 116 Å². The first-order valence-corrected chi connectivity index (χ1v) is 10.5. The maximum Gasteiger partial charge on any atom is 0.251 e. The molecule has 2 amide bonds.